The lowest BCUT2D eigenvalue weighted by molar-refractivity contribution is -0.0892. The molecule has 0 N–H and O–H groups in total. The van der Waals surface area contributed by atoms with E-state index in [9.17, 15) is 8.78 Å². The Bertz CT molecular complexity index is 270. The van der Waals surface area contributed by atoms with Gasteiger partial charge in [0.25, 0.3) is 0 Å². The van der Waals surface area contributed by atoms with Gasteiger partial charge in [-0.1, -0.05) is 12.1 Å². The lowest BCUT2D eigenvalue weighted by atomic mass is 10.2. The van der Waals surface area contributed by atoms with Crippen LogP contribution in [0.3, 0.4) is 0 Å². The van der Waals surface area contributed by atoms with Crippen molar-refractivity contribution in [1.82, 2.24) is 0 Å². The fourth-order valence-corrected chi connectivity index (χ4v) is 0.972. The molecular weight excluding hydrogens is 181 g/mol. The van der Waals surface area contributed by atoms with Crippen LogP contribution in [0.2, 0.25) is 0 Å². The van der Waals surface area contributed by atoms with Crippen molar-refractivity contribution in [3.05, 3.63) is 29.8 Å². The van der Waals surface area contributed by atoms with Crippen LogP contribution in [-0.4, -0.2) is 5.85 Å². The average molecular weight is 190 g/mol. The molecule has 0 fully saturated rings. The van der Waals surface area contributed by atoms with Crippen molar-refractivity contribution in [3.8, 4) is 5.75 Å². The SMILES string of the molecule is Cc1cccc(OC(F)(F)P)c1. The van der Waals surface area contributed by atoms with Gasteiger partial charge in [-0.2, -0.15) is 8.78 Å². The third kappa shape index (κ3) is 3.14. The number of hydrogen-bond donors (Lipinski definition) is 0. The van der Waals surface area contributed by atoms with Gasteiger partial charge in [0.05, 0.1) is 0 Å². The first-order valence-electron chi connectivity index (χ1n) is 3.40. The number of benzene rings is 1. The van der Waals surface area contributed by atoms with E-state index in [-0.39, 0.29) is 5.75 Å². The Hall–Kier alpha value is -0.690. The third-order valence-corrected chi connectivity index (χ3v) is 1.36. The second kappa shape index (κ2) is 3.36. The van der Waals surface area contributed by atoms with Crippen molar-refractivity contribution < 1.29 is 13.5 Å². The number of alkyl halides is 2. The molecule has 4 heteroatoms. The van der Waals surface area contributed by atoms with Crippen LogP contribution in [0, 0.1) is 6.92 Å². The molecule has 0 amide bonds. The lowest BCUT2D eigenvalue weighted by Gasteiger charge is -2.12. The fourth-order valence-electron chi connectivity index (χ4n) is 0.836. The zero-order chi connectivity index (χ0) is 9.19. The molecule has 1 aromatic carbocycles. The molecule has 0 spiro atoms. The Morgan fingerprint density at radius 3 is 2.58 bits per heavy atom. The summed E-state index contributed by atoms with van der Waals surface area (Å²) in [6.45, 7) is 1.81. The number of rotatable bonds is 2. The number of ether oxygens (including phenoxy) is 1. The highest BCUT2D eigenvalue weighted by Gasteiger charge is 2.22. The fraction of sp³-hybridized carbons (Fsp3) is 0.250. The van der Waals surface area contributed by atoms with Crippen molar-refractivity contribution in [2.24, 2.45) is 0 Å². The first-order valence-corrected chi connectivity index (χ1v) is 3.97. The summed E-state index contributed by atoms with van der Waals surface area (Å²) in [5, 5.41) is 0. The zero-order valence-corrected chi connectivity index (χ0v) is 7.71. The molecular formula is C8H9F2OP. The van der Waals surface area contributed by atoms with Crippen LogP contribution in [0.4, 0.5) is 8.78 Å². The van der Waals surface area contributed by atoms with Gasteiger partial charge in [-0.25, -0.2) is 0 Å². The molecule has 0 heterocycles. The predicted molar refractivity (Wildman–Crippen MR) is 46.5 cm³/mol. The number of hydrogen-bond acceptors (Lipinski definition) is 1. The highest BCUT2D eigenvalue weighted by Crippen LogP contribution is 2.27. The quantitative estimate of drug-likeness (QED) is 0.651. The van der Waals surface area contributed by atoms with Gasteiger partial charge < -0.3 is 4.74 Å². The molecule has 0 aliphatic carbocycles. The van der Waals surface area contributed by atoms with Crippen LogP contribution in [0.25, 0.3) is 0 Å². The average Bonchev–Trinajstić information content (AvgIpc) is 1.82. The summed E-state index contributed by atoms with van der Waals surface area (Å²) in [4.78, 5) is 0. The molecule has 66 valence electrons. The van der Waals surface area contributed by atoms with Crippen molar-refractivity contribution in [2.75, 3.05) is 0 Å². The molecule has 0 aliphatic heterocycles. The van der Waals surface area contributed by atoms with Gasteiger partial charge in [-0.05, 0) is 33.9 Å². The first-order chi connectivity index (χ1) is 5.47. The molecule has 1 aromatic rings. The Morgan fingerprint density at radius 2 is 2.08 bits per heavy atom. The van der Waals surface area contributed by atoms with E-state index in [4.69, 9.17) is 0 Å². The van der Waals surface area contributed by atoms with Crippen LogP contribution in [0.1, 0.15) is 5.56 Å². The monoisotopic (exact) mass is 190 g/mol. The molecule has 12 heavy (non-hydrogen) atoms. The van der Waals surface area contributed by atoms with E-state index in [0.717, 1.165) is 5.56 Å². The van der Waals surface area contributed by atoms with Gasteiger partial charge >= 0.3 is 5.85 Å². The maximum Gasteiger partial charge on any atom is 0.408 e. The number of aryl methyl sites for hydroxylation is 1. The van der Waals surface area contributed by atoms with E-state index in [1.165, 1.54) is 15.3 Å². The highest BCUT2D eigenvalue weighted by molar-refractivity contribution is 7.17. The lowest BCUT2D eigenvalue weighted by Crippen LogP contribution is -2.14. The van der Waals surface area contributed by atoms with E-state index >= 15 is 0 Å². The summed E-state index contributed by atoms with van der Waals surface area (Å²) >= 11 is 0. The smallest absolute Gasteiger partial charge is 0.408 e. The Morgan fingerprint density at radius 1 is 1.42 bits per heavy atom. The standard InChI is InChI=1S/C8H9F2OP/c1-6-3-2-4-7(5-6)11-8(9,10)12/h2-5H,12H2,1H3. The Labute approximate surface area is 71.9 Å². The van der Waals surface area contributed by atoms with Gasteiger partial charge in [-0.15, -0.1) is 0 Å². The van der Waals surface area contributed by atoms with E-state index in [1.54, 1.807) is 12.1 Å². The van der Waals surface area contributed by atoms with Gasteiger partial charge in [0.2, 0.25) is 0 Å². The molecule has 1 atom stereocenters. The summed E-state index contributed by atoms with van der Waals surface area (Å²) < 4.78 is 28.9. The maximum atomic E-state index is 12.3. The van der Waals surface area contributed by atoms with E-state index in [2.05, 4.69) is 4.74 Å². The van der Waals surface area contributed by atoms with E-state index < -0.39 is 5.85 Å². The Kier molecular flexibility index (Phi) is 2.63. The van der Waals surface area contributed by atoms with Crippen molar-refractivity contribution in [2.45, 2.75) is 12.8 Å². The third-order valence-electron chi connectivity index (χ3n) is 1.24. The van der Waals surface area contributed by atoms with Gasteiger partial charge in [0.15, 0.2) is 0 Å². The van der Waals surface area contributed by atoms with Crippen molar-refractivity contribution in [1.29, 1.82) is 0 Å². The molecule has 0 radical (unpaired) electrons. The van der Waals surface area contributed by atoms with Gasteiger partial charge in [0.1, 0.15) is 5.75 Å². The van der Waals surface area contributed by atoms with Crippen LogP contribution in [0.5, 0.6) is 5.75 Å². The van der Waals surface area contributed by atoms with Crippen molar-refractivity contribution in [3.63, 3.8) is 0 Å². The molecule has 0 saturated carbocycles. The summed E-state index contributed by atoms with van der Waals surface area (Å²) in [6, 6.07) is 6.53. The first kappa shape index (κ1) is 9.40. The van der Waals surface area contributed by atoms with Crippen LogP contribution in [0.15, 0.2) is 24.3 Å². The molecule has 0 aromatic heterocycles. The Balaban J connectivity index is 2.77. The minimum atomic E-state index is -3.19. The van der Waals surface area contributed by atoms with Gasteiger partial charge in [0, 0.05) is 0 Å². The molecule has 0 aliphatic rings. The normalized spacial score (nSPS) is 11.3. The predicted octanol–water partition coefficient (Wildman–Crippen LogP) is 2.80. The second-order valence-electron chi connectivity index (χ2n) is 2.48. The summed E-state index contributed by atoms with van der Waals surface area (Å²) in [7, 11) is 1.32. The van der Waals surface area contributed by atoms with Crippen LogP contribution >= 0.6 is 9.24 Å². The summed E-state index contributed by atoms with van der Waals surface area (Å²) in [6.07, 6.45) is 0. The highest BCUT2D eigenvalue weighted by atomic mass is 31.0. The second-order valence-corrected chi connectivity index (χ2v) is 3.15. The summed E-state index contributed by atoms with van der Waals surface area (Å²) in [5.41, 5.74) is 0.891. The van der Waals surface area contributed by atoms with Gasteiger partial charge in [-0.3, -0.25) is 0 Å². The zero-order valence-electron chi connectivity index (χ0n) is 6.55. The topological polar surface area (TPSA) is 9.23 Å². The minimum Gasteiger partial charge on any atom is -0.430 e. The largest absolute Gasteiger partial charge is 0.430 e. The summed E-state index contributed by atoms with van der Waals surface area (Å²) in [5.74, 6) is -3.01. The van der Waals surface area contributed by atoms with E-state index in [1.807, 2.05) is 13.0 Å². The molecule has 1 nitrogen and oxygen atoms in total. The molecule has 0 bridgehead atoms. The van der Waals surface area contributed by atoms with Crippen molar-refractivity contribution >= 4 is 9.24 Å². The molecule has 0 saturated heterocycles. The molecule has 1 rings (SSSR count). The van der Waals surface area contributed by atoms with Crippen LogP contribution < -0.4 is 4.74 Å². The maximum absolute atomic E-state index is 12.3. The van der Waals surface area contributed by atoms with Crippen LogP contribution in [-0.2, 0) is 0 Å². The molecule has 1 unspecified atom stereocenters. The minimum absolute atomic E-state index is 0.176. The van der Waals surface area contributed by atoms with E-state index in [0.29, 0.717) is 0 Å². The number of halogens is 2.